The first-order valence-corrected chi connectivity index (χ1v) is 6.89. The Kier molecular flexibility index (Phi) is 6.50. The molecule has 0 heterocycles. The number of nitriles is 1. The summed E-state index contributed by atoms with van der Waals surface area (Å²) in [7, 11) is 0. The summed E-state index contributed by atoms with van der Waals surface area (Å²) in [5.74, 6) is -0.296. The maximum absolute atomic E-state index is 13.1. The average molecular weight is 300 g/mol. The lowest BCUT2D eigenvalue weighted by molar-refractivity contribution is -0.139. The molecular weight excluding hydrogens is 281 g/mol. The molecule has 0 fully saturated rings. The molecule has 0 radical (unpaired) electrons. The van der Waals surface area contributed by atoms with Crippen LogP contribution in [0.3, 0.4) is 0 Å². The second-order valence-corrected chi connectivity index (χ2v) is 4.65. The van der Waals surface area contributed by atoms with Gasteiger partial charge in [0.1, 0.15) is 11.8 Å². The molecule has 6 heteroatoms. The largest absolute Gasteiger partial charge is 0.475 e. The lowest BCUT2D eigenvalue weighted by Gasteiger charge is -2.17. The van der Waals surface area contributed by atoms with Crippen LogP contribution in [0.2, 0.25) is 0 Å². The molecule has 1 unspecified atom stereocenters. The van der Waals surface area contributed by atoms with Gasteiger partial charge in [-0.15, -0.1) is 0 Å². The summed E-state index contributed by atoms with van der Waals surface area (Å²) >= 11 is 0. The highest BCUT2D eigenvalue weighted by molar-refractivity contribution is 5.39. The highest BCUT2D eigenvalue weighted by atomic mass is 19.4. The molecule has 0 saturated carbocycles. The van der Waals surface area contributed by atoms with E-state index in [2.05, 4.69) is 5.32 Å². The van der Waals surface area contributed by atoms with E-state index in [-0.39, 0.29) is 5.75 Å². The zero-order valence-corrected chi connectivity index (χ0v) is 12.1. The van der Waals surface area contributed by atoms with Crippen LogP contribution in [0.1, 0.15) is 37.8 Å². The maximum atomic E-state index is 13.1. The van der Waals surface area contributed by atoms with Gasteiger partial charge in [-0.05, 0) is 37.1 Å². The molecule has 1 N–H and O–H groups in total. The SMILES string of the molecule is CCCNCc1ccc(OC(C#N)CC)c(C(F)(F)F)c1. The van der Waals surface area contributed by atoms with Crippen molar-refractivity contribution >= 4 is 0 Å². The third-order valence-electron chi connectivity index (χ3n) is 2.89. The third-order valence-corrected chi connectivity index (χ3v) is 2.89. The van der Waals surface area contributed by atoms with Crippen molar-refractivity contribution in [1.82, 2.24) is 5.32 Å². The van der Waals surface area contributed by atoms with E-state index in [1.54, 1.807) is 13.0 Å². The van der Waals surface area contributed by atoms with Crippen LogP contribution in [0.4, 0.5) is 13.2 Å². The Bertz CT molecular complexity index is 495. The molecule has 3 nitrogen and oxygen atoms in total. The Morgan fingerprint density at radius 1 is 1.33 bits per heavy atom. The zero-order valence-electron chi connectivity index (χ0n) is 12.1. The molecule has 0 saturated heterocycles. The van der Waals surface area contributed by atoms with E-state index >= 15 is 0 Å². The summed E-state index contributed by atoms with van der Waals surface area (Å²) in [5, 5.41) is 11.9. The standard InChI is InChI=1S/C15H19F3N2O/c1-3-7-20-10-11-5-6-14(21-12(4-2)9-19)13(8-11)15(16,17)18/h5-6,8,12,20H,3-4,7,10H2,1-2H3. The molecule has 0 bridgehead atoms. The number of nitrogens with zero attached hydrogens (tertiary/aromatic N) is 1. The summed E-state index contributed by atoms with van der Waals surface area (Å²) in [6, 6.07) is 5.77. The predicted octanol–water partition coefficient (Wildman–Crippen LogP) is 3.89. The number of nitrogens with one attached hydrogen (secondary N) is 1. The molecule has 116 valence electrons. The minimum atomic E-state index is -4.51. The quantitative estimate of drug-likeness (QED) is 0.777. The molecule has 21 heavy (non-hydrogen) atoms. The number of hydrogen-bond acceptors (Lipinski definition) is 3. The Labute approximate surface area is 122 Å². The van der Waals surface area contributed by atoms with Gasteiger partial charge in [-0.2, -0.15) is 18.4 Å². The monoisotopic (exact) mass is 300 g/mol. The molecule has 1 aromatic carbocycles. The molecule has 0 spiro atoms. The number of ether oxygens (including phenoxy) is 1. The Balaban J connectivity index is 3.00. The van der Waals surface area contributed by atoms with Crippen LogP contribution in [-0.4, -0.2) is 12.6 Å². The molecule has 0 aromatic heterocycles. The molecule has 0 aliphatic carbocycles. The van der Waals surface area contributed by atoms with Crippen molar-refractivity contribution in [3.63, 3.8) is 0 Å². The Hall–Kier alpha value is -1.74. The van der Waals surface area contributed by atoms with Crippen LogP contribution in [-0.2, 0) is 12.7 Å². The minimum absolute atomic E-state index is 0.296. The van der Waals surface area contributed by atoms with Crippen molar-refractivity contribution in [2.75, 3.05) is 6.54 Å². The molecule has 0 amide bonds. The summed E-state index contributed by atoms with van der Waals surface area (Å²) < 4.78 is 44.4. The minimum Gasteiger partial charge on any atom is -0.475 e. The van der Waals surface area contributed by atoms with E-state index in [1.165, 1.54) is 6.07 Å². The fourth-order valence-electron chi connectivity index (χ4n) is 1.78. The Morgan fingerprint density at radius 3 is 2.57 bits per heavy atom. The van der Waals surface area contributed by atoms with Crippen molar-refractivity contribution in [2.24, 2.45) is 0 Å². The lowest BCUT2D eigenvalue weighted by atomic mass is 10.1. The first kappa shape index (κ1) is 17.3. The molecular formula is C15H19F3N2O. The third kappa shape index (κ3) is 5.27. The van der Waals surface area contributed by atoms with Crippen LogP contribution in [0.25, 0.3) is 0 Å². The second kappa shape index (κ2) is 7.89. The highest BCUT2D eigenvalue weighted by Crippen LogP contribution is 2.37. The van der Waals surface area contributed by atoms with E-state index in [0.717, 1.165) is 19.0 Å². The summed E-state index contributed by atoms with van der Waals surface area (Å²) in [6.07, 6.45) is -4.15. The first-order valence-electron chi connectivity index (χ1n) is 6.89. The molecule has 0 aliphatic rings. The summed E-state index contributed by atoms with van der Waals surface area (Å²) in [6.45, 7) is 4.78. The van der Waals surface area contributed by atoms with Crippen LogP contribution < -0.4 is 10.1 Å². The van der Waals surface area contributed by atoms with E-state index in [0.29, 0.717) is 18.5 Å². The van der Waals surface area contributed by atoms with Crippen molar-refractivity contribution in [3.8, 4) is 11.8 Å². The van der Waals surface area contributed by atoms with E-state index in [4.69, 9.17) is 10.00 Å². The predicted molar refractivity (Wildman–Crippen MR) is 73.8 cm³/mol. The fourth-order valence-corrected chi connectivity index (χ4v) is 1.78. The normalized spacial score (nSPS) is 12.8. The van der Waals surface area contributed by atoms with Gasteiger partial charge in [-0.1, -0.05) is 19.9 Å². The van der Waals surface area contributed by atoms with Crippen LogP contribution in [0, 0.1) is 11.3 Å². The van der Waals surface area contributed by atoms with Gasteiger partial charge < -0.3 is 10.1 Å². The summed E-state index contributed by atoms with van der Waals surface area (Å²) in [4.78, 5) is 0. The zero-order chi connectivity index (χ0) is 15.9. The topological polar surface area (TPSA) is 45.0 Å². The molecule has 0 aliphatic heterocycles. The molecule has 1 aromatic rings. The number of halogens is 3. The number of hydrogen-bond donors (Lipinski definition) is 1. The fraction of sp³-hybridized carbons (Fsp3) is 0.533. The number of benzene rings is 1. The van der Waals surface area contributed by atoms with Gasteiger partial charge in [0.25, 0.3) is 0 Å². The Morgan fingerprint density at radius 2 is 2.05 bits per heavy atom. The summed E-state index contributed by atoms with van der Waals surface area (Å²) in [5.41, 5.74) is -0.305. The lowest BCUT2D eigenvalue weighted by Crippen LogP contribution is -2.18. The van der Waals surface area contributed by atoms with Gasteiger partial charge in [-0.3, -0.25) is 0 Å². The van der Waals surface area contributed by atoms with E-state index in [9.17, 15) is 13.2 Å². The smallest absolute Gasteiger partial charge is 0.419 e. The van der Waals surface area contributed by atoms with Gasteiger partial charge in [0.15, 0.2) is 6.10 Å². The van der Waals surface area contributed by atoms with E-state index in [1.807, 2.05) is 13.0 Å². The van der Waals surface area contributed by atoms with Gasteiger partial charge in [-0.25, -0.2) is 0 Å². The first-order chi connectivity index (χ1) is 9.92. The molecule has 1 rings (SSSR count). The van der Waals surface area contributed by atoms with Gasteiger partial charge in [0.05, 0.1) is 5.56 Å². The maximum Gasteiger partial charge on any atom is 0.419 e. The highest BCUT2D eigenvalue weighted by Gasteiger charge is 2.35. The van der Waals surface area contributed by atoms with Crippen molar-refractivity contribution < 1.29 is 17.9 Å². The number of rotatable bonds is 7. The van der Waals surface area contributed by atoms with Crippen molar-refractivity contribution in [3.05, 3.63) is 29.3 Å². The van der Waals surface area contributed by atoms with Crippen LogP contribution >= 0.6 is 0 Å². The molecule has 1 atom stereocenters. The van der Waals surface area contributed by atoms with Gasteiger partial charge in [0, 0.05) is 6.54 Å². The van der Waals surface area contributed by atoms with Gasteiger partial charge in [0.2, 0.25) is 0 Å². The van der Waals surface area contributed by atoms with Crippen molar-refractivity contribution in [1.29, 1.82) is 5.26 Å². The van der Waals surface area contributed by atoms with E-state index < -0.39 is 17.8 Å². The average Bonchev–Trinajstić information content (AvgIpc) is 2.45. The van der Waals surface area contributed by atoms with Crippen LogP contribution in [0.5, 0.6) is 5.75 Å². The van der Waals surface area contributed by atoms with Gasteiger partial charge >= 0.3 is 6.18 Å². The van der Waals surface area contributed by atoms with Crippen molar-refractivity contribution in [2.45, 2.75) is 45.5 Å². The second-order valence-electron chi connectivity index (χ2n) is 4.65. The van der Waals surface area contributed by atoms with Crippen LogP contribution in [0.15, 0.2) is 18.2 Å². The number of alkyl halides is 3.